The number of ether oxygens (including phenoxy) is 2. The summed E-state index contributed by atoms with van der Waals surface area (Å²) in [4.78, 5) is 0. The molecule has 3 aromatic carbocycles. The van der Waals surface area contributed by atoms with Gasteiger partial charge in [0.25, 0.3) is 0 Å². The summed E-state index contributed by atoms with van der Waals surface area (Å²) in [7, 11) is 0. The van der Waals surface area contributed by atoms with Crippen LogP contribution in [0.25, 0.3) is 10.8 Å². The Hall–Kier alpha value is -3.07. The van der Waals surface area contributed by atoms with Crippen LogP contribution in [-0.4, -0.2) is 19.3 Å². The molecule has 0 spiro atoms. The maximum Gasteiger partial charge on any atom is 0.195 e. The Morgan fingerprint density at radius 3 is 2.35 bits per heavy atom. The van der Waals surface area contributed by atoms with Crippen LogP contribution < -0.4 is 0 Å². The molecule has 4 rings (SSSR count). The van der Waals surface area contributed by atoms with E-state index in [2.05, 4.69) is 18.4 Å². The van der Waals surface area contributed by atoms with Gasteiger partial charge < -0.3 is 9.47 Å². The lowest BCUT2D eigenvalue weighted by molar-refractivity contribution is -0.136. The first-order valence-electron chi connectivity index (χ1n) is 10.1. The molecule has 0 radical (unpaired) electrons. The van der Waals surface area contributed by atoms with Gasteiger partial charge in [0.2, 0.25) is 0 Å². The summed E-state index contributed by atoms with van der Waals surface area (Å²) in [5.74, 6) is 2.14. The Bertz CT molecular complexity index is 1150. The zero-order valence-corrected chi connectivity index (χ0v) is 16.8. The molecular weight excluding hydrogens is 401 g/mol. The van der Waals surface area contributed by atoms with E-state index in [1.165, 1.54) is 12.1 Å². The fourth-order valence-electron chi connectivity index (χ4n) is 3.51. The second-order valence-electron chi connectivity index (χ2n) is 7.44. The van der Waals surface area contributed by atoms with Crippen LogP contribution >= 0.6 is 0 Å². The molecule has 0 bridgehead atoms. The van der Waals surface area contributed by atoms with Crippen LogP contribution in [-0.2, 0) is 9.47 Å². The molecule has 3 aromatic rings. The van der Waals surface area contributed by atoms with Crippen molar-refractivity contribution in [3.05, 3.63) is 95.3 Å². The van der Waals surface area contributed by atoms with Gasteiger partial charge in [-0.25, -0.2) is 13.2 Å². The lowest BCUT2D eigenvalue weighted by Crippen LogP contribution is -2.30. The summed E-state index contributed by atoms with van der Waals surface area (Å²) in [5, 5.41) is 0.287. The van der Waals surface area contributed by atoms with Crippen molar-refractivity contribution in [2.24, 2.45) is 0 Å². The van der Waals surface area contributed by atoms with Crippen LogP contribution in [0.2, 0.25) is 0 Å². The Balaban J connectivity index is 1.44. The SMILES string of the molecule is C=CCC[C@@H]1CO[C@@H](c2ccc(C#Cc3ccc4c(F)c(F)c(F)cc4c3)cc2)CO1. The highest BCUT2D eigenvalue weighted by Crippen LogP contribution is 2.25. The number of hydrogen-bond acceptors (Lipinski definition) is 2. The molecule has 0 aliphatic carbocycles. The standard InChI is InChI=1S/C26H21F3O2/c1-2-3-4-21-15-31-24(16-30-21)19-10-7-17(8-11-19)5-6-18-9-12-22-20(13-18)14-23(27)26(29)25(22)28/h2,7-14,21,24H,1,3-4,15-16H2/t21-,24-/m1/s1. The van der Waals surface area contributed by atoms with E-state index in [0.717, 1.165) is 30.0 Å². The van der Waals surface area contributed by atoms with Crippen LogP contribution in [0.5, 0.6) is 0 Å². The summed E-state index contributed by atoms with van der Waals surface area (Å²) in [6.07, 6.45) is 3.70. The summed E-state index contributed by atoms with van der Waals surface area (Å²) >= 11 is 0. The minimum atomic E-state index is -1.47. The third kappa shape index (κ3) is 4.82. The van der Waals surface area contributed by atoms with Crippen LogP contribution in [0.1, 0.15) is 35.6 Å². The third-order valence-electron chi connectivity index (χ3n) is 5.27. The Morgan fingerprint density at radius 1 is 0.903 bits per heavy atom. The second kappa shape index (κ2) is 9.38. The molecule has 0 aromatic heterocycles. The van der Waals surface area contributed by atoms with Gasteiger partial charge in [-0.05, 0) is 54.1 Å². The van der Waals surface area contributed by atoms with E-state index >= 15 is 0 Å². The summed E-state index contributed by atoms with van der Waals surface area (Å²) in [6.45, 7) is 4.80. The molecule has 1 aliphatic rings. The average Bonchev–Trinajstić information content (AvgIpc) is 2.80. The van der Waals surface area contributed by atoms with Crippen molar-refractivity contribution in [1.29, 1.82) is 0 Å². The maximum atomic E-state index is 13.8. The summed E-state index contributed by atoms with van der Waals surface area (Å²) < 4.78 is 52.5. The monoisotopic (exact) mass is 422 g/mol. The van der Waals surface area contributed by atoms with E-state index in [1.807, 2.05) is 30.3 Å². The summed E-state index contributed by atoms with van der Waals surface area (Å²) in [5.41, 5.74) is 2.39. The molecule has 0 N–H and O–H groups in total. The van der Waals surface area contributed by atoms with Crippen molar-refractivity contribution in [1.82, 2.24) is 0 Å². The van der Waals surface area contributed by atoms with Gasteiger partial charge >= 0.3 is 0 Å². The van der Waals surface area contributed by atoms with Gasteiger partial charge in [-0.3, -0.25) is 0 Å². The van der Waals surface area contributed by atoms with Crippen LogP contribution in [0.4, 0.5) is 13.2 Å². The molecule has 1 fully saturated rings. The number of hydrogen-bond donors (Lipinski definition) is 0. The van der Waals surface area contributed by atoms with Crippen molar-refractivity contribution < 1.29 is 22.6 Å². The molecule has 158 valence electrons. The molecule has 2 nitrogen and oxygen atoms in total. The highest BCUT2D eigenvalue weighted by atomic mass is 19.2. The topological polar surface area (TPSA) is 18.5 Å². The number of rotatable bonds is 4. The number of fused-ring (bicyclic) bond motifs is 1. The fraction of sp³-hybridized carbons (Fsp3) is 0.231. The van der Waals surface area contributed by atoms with Gasteiger partial charge in [-0.2, -0.15) is 0 Å². The van der Waals surface area contributed by atoms with E-state index in [-0.39, 0.29) is 23.0 Å². The first kappa shape index (κ1) is 21.2. The number of benzene rings is 3. The maximum absolute atomic E-state index is 13.8. The largest absolute Gasteiger partial charge is 0.373 e. The molecule has 1 aliphatic heterocycles. The molecule has 31 heavy (non-hydrogen) atoms. The van der Waals surface area contributed by atoms with E-state index in [0.29, 0.717) is 18.8 Å². The molecule has 0 amide bonds. The quantitative estimate of drug-likeness (QED) is 0.288. The van der Waals surface area contributed by atoms with Gasteiger partial charge in [-0.15, -0.1) is 6.58 Å². The molecule has 1 saturated heterocycles. The van der Waals surface area contributed by atoms with E-state index in [9.17, 15) is 13.2 Å². The van der Waals surface area contributed by atoms with Gasteiger partial charge in [0.15, 0.2) is 17.5 Å². The Labute approximate surface area is 179 Å². The third-order valence-corrected chi connectivity index (χ3v) is 5.27. The average molecular weight is 422 g/mol. The van der Waals surface area contributed by atoms with Crippen molar-refractivity contribution in [3.8, 4) is 11.8 Å². The minimum absolute atomic E-state index is 0.0234. The normalized spacial score (nSPS) is 18.4. The Kier molecular flexibility index (Phi) is 6.41. The second-order valence-corrected chi connectivity index (χ2v) is 7.44. The molecule has 2 atom stereocenters. The zero-order chi connectivity index (χ0) is 21.8. The molecule has 5 heteroatoms. The number of halogens is 3. The van der Waals surface area contributed by atoms with Crippen molar-refractivity contribution in [2.75, 3.05) is 13.2 Å². The van der Waals surface area contributed by atoms with Crippen LogP contribution in [0.15, 0.2) is 61.2 Å². The molecule has 0 unspecified atom stereocenters. The predicted molar refractivity (Wildman–Crippen MR) is 114 cm³/mol. The van der Waals surface area contributed by atoms with E-state index in [1.54, 1.807) is 6.07 Å². The molecular formula is C26H21F3O2. The molecule has 1 heterocycles. The predicted octanol–water partition coefficient (Wildman–Crippen LogP) is 6.08. The van der Waals surface area contributed by atoms with Crippen molar-refractivity contribution >= 4 is 10.8 Å². The van der Waals surface area contributed by atoms with Gasteiger partial charge in [0.05, 0.1) is 19.3 Å². The first-order chi connectivity index (χ1) is 15.0. The zero-order valence-electron chi connectivity index (χ0n) is 16.8. The van der Waals surface area contributed by atoms with Gasteiger partial charge in [0, 0.05) is 16.5 Å². The van der Waals surface area contributed by atoms with Gasteiger partial charge in [-0.1, -0.05) is 36.1 Å². The lowest BCUT2D eigenvalue weighted by Gasteiger charge is -2.29. The fourth-order valence-corrected chi connectivity index (χ4v) is 3.51. The molecule has 0 saturated carbocycles. The lowest BCUT2D eigenvalue weighted by atomic mass is 10.0. The van der Waals surface area contributed by atoms with E-state index < -0.39 is 17.5 Å². The first-order valence-corrected chi connectivity index (χ1v) is 10.1. The minimum Gasteiger partial charge on any atom is -0.373 e. The van der Waals surface area contributed by atoms with Crippen LogP contribution in [0.3, 0.4) is 0 Å². The number of allylic oxidation sites excluding steroid dienone is 1. The highest BCUT2D eigenvalue weighted by Gasteiger charge is 2.22. The van der Waals surface area contributed by atoms with Crippen LogP contribution in [0, 0.1) is 29.3 Å². The van der Waals surface area contributed by atoms with Crippen molar-refractivity contribution in [3.63, 3.8) is 0 Å². The highest BCUT2D eigenvalue weighted by molar-refractivity contribution is 5.84. The Morgan fingerprint density at radius 2 is 1.65 bits per heavy atom. The van der Waals surface area contributed by atoms with E-state index in [4.69, 9.17) is 9.47 Å². The van der Waals surface area contributed by atoms with Crippen molar-refractivity contribution in [2.45, 2.75) is 25.0 Å². The summed E-state index contributed by atoms with van der Waals surface area (Å²) in [6, 6.07) is 13.2. The smallest absolute Gasteiger partial charge is 0.195 e. The van der Waals surface area contributed by atoms with Gasteiger partial charge in [0.1, 0.15) is 6.10 Å².